The molecule has 2 N–H and O–H groups in total. The first-order valence-corrected chi connectivity index (χ1v) is 7.57. The normalized spacial score (nSPS) is 21.6. The van der Waals surface area contributed by atoms with Gasteiger partial charge in [-0.05, 0) is 30.7 Å². The highest BCUT2D eigenvalue weighted by Gasteiger charge is 2.26. The van der Waals surface area contributed by atoms with Gasteiger partial charge in [0.05, 0.1) is 25.4 Å². The Kier molecular flexibility index (Phi) is 5.83. The molecule has 2 unspecified atom stereocenters. The van der Waals surface area contributed by atoms with Gasteiger partial charge in [-0.25, -0.2) is 0 Å². The average Bonchev–Trinajstić information content (AvgIpc) is 2.52. The molecule has 112 valence electrons. The Hall–Kier alpha value is -1.10. The summed E-state index contributed by atoms with van der Waals surface area (Å²) in [6, 6.07) is 7.99. The molecule has 1 aliphatic heterocycles. The maximum absolute atomic E-state index is 6.34. The van der Waals surface area contributed by atoms with E-state index < -0.39 is 0 Å². The summed E-state index contributed by atoms with van der Waals surface area (Å²) < 4.78 is 11.4. The lowest BCUT2D eigenvalue weighted by atomic mass is 10.0. The van der Waals surface area contributed by atoms with E-state index in [0.29, 0.717) is 0 Å². The third-order valence-electron chi connectivity index (χ3n) is 3.76. The smallest absolute Gasteiger partial charge is 0.119 e. The van der Waals surface area contributed by atoms with Crippen LogP contribution < -0.4 is 10.5 Å². The van der Waals surface area contributed by atoms with Crippen molar-refractivity contribution in [3.8, 4) is 5.75 Å². The minimum atomic E-state index is -0.0791. The Balaban J connectivity index is 1.95. The molecule has 0 bridgehead atoms. The van der Waals surface area contributed by atoms with E-state index >= 15 is 0 Å². The monoisotopic (exact) mass is 278 g/mol. The van der Waals surface area contributed by atoms with Gasteiger partial charge in [0.15, 0.2) is 0 Å². The molecule has 2 atom stereocenters. The molecule has 0 aliphatic carbocycles. The molecular weight excluding hydrogens is 252 g/mol. The maximum Gasteiger partial charge on any atom is 0.119 e. The average molecular weight is 278 g/mol. The molecule has 4 nitrogen and oxygen atoms in total. The molecule has 1 saturated heterocycles. The highest BCUT2D eigenvalue weighted by Crippen LogP contribution is 2.22. The molecule has 2 rings (SSSR count). The summed E-state index contributed by atoms with van der Waals surface area (Å²) in [7, 11) is 0. The Bertz CT molecular complexity index is 394. The van der Waals surface area contributed by atoms with Crippen molar-refractivity contribution >= 4 is 0 Å². The summed E-state index contributed by atoms with van der Waals surface area (Å²) in [6.07, 6.45) is 1.09. The zero-order valence-corrected chi connectivity index (χ0v) is 12.5. The van der Waals surface area contributed by atoms with Gasteiger partial charge in [-0.15, -0.1) is 0 Å². The summed E-state index contributed by atoms with van der Waals surface area (Å²) in [5.41, 5.74) is 7.45. The number of ether oxygens (including phenoxy) is 2. The number of nitrogens with zero attached hydrogens (tertiary/aromatic N) is 1. The zero-order valence-electron chi connectivity index (χ0n) is 12.5. The number of rotatable bonds is 6. The Labute approximate surface area is 121 Å². The van der Waals surface area contributed by atoms with Crippen molar-refractivity contribution in [2.24, 2.45) is 5.73 Å². The lowest BCUT2D eigenvalue weighted by Gasteiger charge is -2.35. The van der Waals surface area contributed by atoms with Crippen LogP contribution >= 0.6 is 0 Å². The van der Waals surface area contributed by atoms with E-state index in [4.69, 9.17) is 15.2 Å². The first kappa shape index (κ1) is 15.3. The van der Waals surface area contributed by atoms with Gasteiger partial charge in [0.25, 0.3) is 0 Å². The van der Waals surface area contributed by atoms with Crippen molar-refractivity contribution in [1.82, 2.24) is 4.90 Å². The first-order valence-electron chi connectivity index (χ1n) is 7.57. The molecular formula is C16H26N2O2. The van der Waals surface area contributed by atoms with Crippen LogP contribution in [0.2, 0.25) is 0 Å². The second-order valence-corrected chi connectivity index (χ2v) is 5.25. The standard InChI is InChI=1S/C16H26N2O2/c1-3-10-19-14-7-5-13(6-8-14)16(17)15-12-18(4-2)9-11-20-15/h5-8,15-16H,3-4,9-12,17H2,1-2H3. The van der Waals surface area contributed by atoms with E-state index in [0.717, 1.165) is 50.6 Å². The minimum absolute atomic E-state index is 0.0751. The van der Waals surface area contributed by atoms with Crippen molar-refractivity contribution in [3.05, 3.63) is 29.8 Å². The highest BCUT2D eigenvalue weighted by molar-refractivity contribution is 5.29. The lowest BCUT2D eigenvalue weighted by Crippen LogP contribution is -2.46. The van der Waals surface area contributed by atoms with Gasteiger partial charge >= 0.3 is 0 Å². The van der Waals surface area contributed by atoms with Gasteiger partial charge in [0.1, 0.15) is 5.75 Å². The number of hydrogen-bond donors (Lipinski definition) is 1. The van der Waals surface area contributed by atoms with E-state index in [-0.39, 0.29) is 12.1 Å². The van der Waals surface area contributed by atoms with Crippen molar-refractivity contribution in [2.45, 2.75) is 32.4 Å². The van der Waals surface area contributed by atoms with Crippen LogP contribution in [0.5, 0.6) is 5.75 Å². The van der Waals surface area contributed by atoms with E-state index in [2.05, 4.69) is 18.7 Å². The first-order chi connectivity index (χ1) is 9.74. The maximum atomic E-state index is 6.34. The second-order valence-electron chi connectivity index (χ2n) is 5.25. The number of benzene rings is 1. The molecule has 4 heteroatoms. The summed E-state index contributed by atoms with van der Waals surface area (Å²) in [5.74, 6) is 0.905. The molecule has 20 heavy (non-hydrogen) atoms. The largest absolute Gasteiger partial charge is 0.494 e. The van der Waals surface area contributed by atoms with Crippen LogP contribution in [0.25, 0.3) is 0 Å². The molecule has 1 aliphatic rings. The van der Waals surface area contributed by atoms with E-state index in [1.165, 1.54) is 0 Å². The number of nitrogens with two attached hydrogens (primary N) is 1. The summed E-state index contributed by atoms with van der Waals surface area (Å²) in [6.45, 7) is 8.76. The van der Waals surface area contributed by atoms with Gasteiger partial charge in [0.2, 0.25) is 0 Å². The fourth-order valence-corrected chi connectivity index (χ4v) is 2.46. The Morgan fingerprint density at radius 1 is 1.35 bits per heavy atom. The number of hydrogen-bond acceptors (Lipinski definition) is 4. The fourth-order valence-electron chi connectivity index (χ4n) is 2.46. The Morgan fingerprint density at radius 2 is 2.10 bits per heavy atom. The molecule has 0 saturated carbocycles. The topological polar surface area (TPSA) is 47.7 Å². The van der Waals surface area contributed by atoms with Crippen LogP contribution in [0.4, 0.5) is 0 Å². The molecule has 1 aromatic rings. The Morgan fingerprint density at radius 3 is 2.75 bits per heavy atom. The van der Waals surface area contributed by atoms with Crippen LogP contribution in [0.15, 0.2) is 24.3 Å². The van der Waals surface area contributed by atoms with Crippen LogP contribution in [0.1, 0.15) is 31.9 Å². The number of likely N-dealkylation sites (N-methyl/N-ethyl adjacent to an activating group) is 1. The van der Waals surface area contributed by atoms with Gasteiger partial charge in [-0.3, -0.25) is 4.90 Å². The summed E-state index contributed by atoms with van der Waals surface area (Å²) in [4.78, 5) is 2.38. The van der Waals surface area contributed by atoms with Crippen molar-refractivity contribution < 1.29 is 9.47 Å². The van der Waals surface area contributed by atoms with Crippen LogP contribution in [-0.4, -0.2) is 43.9 Å². The third-order valence-corrected chi connectivity index (χ3v) is 3.76. The molecule has 0 aromatic heterocycles. The van der Waals surface area contributed by atoms with E-state index in [9.17, 15) is 0 Å². The molecule has 0 spiro atoms. The highest BCUT2D eigenvalue weighted by atomic mass is 16.5. The van der Waals surface area contributed by atoms with Crippen molar-refractivity contribution in [1.29, 1.82) is 0 Å². The fraction of sp³-hybridized carbons (Fsp3) is 0.625. The van der Waals surface area contributed by atoms with Crippen LogP contribution in [0, 0.1) is 0 Å². The molecule has 1 fully saturated rings. The molecule has 1 heterocycles. The second kappa shape index (κ2) is 7.62. The summed E-state index contributed by atoms with van der Waals surface area (Å²) >= 11 is 0. The van der Waals surface area contributed by atoms with Crippen molar-refractivity contribution in [2.75, 3.05) is 32.8 Å². The lowest BCUT2D eigenvalue weighted by molar-refractivity contribution is -0.0392. The van der Waals surface area contributed by atoms with E-state index in [1.807, 2.05) is 24.3 Å². The quantitative estimate of drug-likeness (QED) is 0.866. The predicted molar refractivity (Wildman–Crippen MR) is 81.0 cm³/mol. The van der Waals surface area contributed by atoms with Gasteiger partial charge in [-0.2, -0.15) is 0 Å². The van der Waals surface area contributed by atoms with Crippen LogP contribution in [-0.2, 0) is 4.74 Å². The summed E-state index contributed by atoms with van der Waals surface area (Å²) in [5, 5.41) is 0. The third kappa shape index (κ3) is 3.95. The van der Waals surface area contributed by atoms with Gasteiger partial charge in [0, 0.05) is 13.1 Å². The van der Waals surface area contributed by atoms with E-state index in [1.54, 1.807) is 0 Å². The molecule has 0 radical (unpaired) electrons. The van der Waals surface area contributed by atoms with Crippen molar-refractivity contribution in [3.63, 3.8) is 0 Å². The molecule has 1 aromatic carbocycles. The van der Waals surface area contributed by atoms with Gasteiger partial charge < -0.3 is 15.2 Å². The molecule has 0 amide bonds. The zero-order chi connectivity index (χ0) is 14.4. The minimum Gasteiger partial charge on any atom is -0.494 e. The SMILES string of the molecule is CCCOc1ccc(C(N)C2CN(CC)CCO2)cc1. The predicted octanol–water partition coefficient (Wildman–Crippen LogP) is 2.20. The van der Waals surface area contributed by atoms with Gasteiger partial charge in [-0.1, -0.05) is 26.0 Å². The van der Waals surface area contributed by atoms with Crippen LogP contribution in [0.3, 0.4) is 0 Å². The number of morpholine rings is 1.